The summed E-state index contributed by atoms with van der Waals surface area (Å²) in [5.74, 6) is 0.958. The molecule has 1 amide bonds. The van der Waals surface area contributed by atoms with E-state index in [1.807, 2.05) is 19.1 Å². The fraction of sp³-hybridized carbons (Fsp3) is 0.286. The smallest absolute Gasteiger partial charge is 0.256 e. The van der Waals surface area contributed by atoms with Crippen LogP contribution >= 0.6 is 0 Å². The van der Waals surface area contributed by atoms with Gasteiger partial charge in [-0.05, 0) is 31.2 Å². The van der Waals surface area contributed by atoms with E-state index in [9.17, 15) is 4.79 Å². The molecule has 0 bridgehead atoms. The lowest BCUT2D eigenvalue weighted by Crippen LogP contribution is -2.34. The molecule has 0 radical (unpaired) electrons. The summed E-state index contributed by atoms with van der Waals surface area (Å²) in [7, 11) is 1.49. The van der Waals surface area contributed by atoms with Gasteiger partial charge in [-0.3, -0.25) is 4.79 Å². The lowest BCUT2D eigenvalue weighted by molar-refractivity contribution is 0.0935. The zero-order valence-electron chi connectivity index (χ0n) is 10.9. The van der Waals surface area contributed by atoms with Crippen LogP contribution in [0.5, 0.6) is 5.88 Å². The molecule has 5 heteroatoms. The maximum absolute atomic E-state index is 12.1. The van der Waals surface area contributed by atoms with E-state index in [2.05, 4.69) is 10.3 Å². The minimum atomic E-state index is -0.205. The molecule has 0 saturated heterocycles. The summed E-state index contributed by atoms with van der Waals surface area (Å²) in [4.78, 5) is 16.1. The summed E-state index contributed by atoms with van der Waals surface area (Å²) in [6.07, 6.45) is 3.84. The molecule has 1 unspecified atom stereocenters. The molecule has 0 spiro atoms. The second-order valence-corrected chi connectivity index (χ2v) is 4.22. The molecule has 0 aliphatic heterocycles. The summed E-state index contributed by atoms with van der Waals surface area (Å²) in [6.45, 7) is 1.92. The number of furan rings is 1. The van der Waals surface area contributed by atoms with Crippen LogP contribution in [0.1, 0.15) is 23.0 Å². The Morgan fingerprint density at radius 3 is 3.00 bits per heavy atom. The average Bonchev–Trinajstić information content (AvgIpc) is 2.91. The number of aromatic nitrogens is 1. The second kappa shape index (κ2) is 6.04. The normalized spacial score (nSPS) is 11.9. The van der Waals surface area contributed by atoms with Gasteiger partial charge in [0.25, 0.3) is 5.91 Å². The van der Waals surface area contributed by atoms with E-state index in [-0.39, 0.29) is 11.9 Å². The van der Waals surface area contributed by atoms with Crippen molar-refractivity contribution in [1.82, 2.24) is 10.3 Å². The number of nitrogens with one attached hydrogen (secondary N) is 1. The highest BCUT2D eigenvalue weighted by Crippen LogP contribution is 2.13. The van der Waals surface area contributed by atoms with Gasteiger partial charge in [-0.25, -0.2) is 4.98 Å². The van der Waals surface area contributed by atoms with Crippen molar-refractivity contribution in [3.05, 3.63) is 48.0 Å². The van der Waals surface area contributed by atoms with Gasteiger partial charge in [-0.1, -0.05) is 0 Å². The Bertz CT molecular complexity index is 537. The minimum Gasteiger partial charge on any atom is -0.480 e. The van der Waals surface area contributed by atoms with Crippen LogP contribution in [0.4, 0.5) is 0 Å². The van der Waals surface area contributed by atoms with Gasteiger partial charge >= 0.3 is 0 Å². The zero-order chi connectivity index (χ0) is 13.7. The molecule has 2 rings (SSSR count). The second-order valence-electron chi connectivity index (χ2n) is 4.22. The number of rotatable bonds is 5. The molecule has 19 heavy (non-hydrogen) atoms. The first kappa shape index (κ1) is 13.1. The molecular formula is C14H16N2O3. The zero-order valence-corrected chi connectivity index (χ0v) is 10.9. The topological polar surface area (TPSA) is 64.4 Å². The molecule has 2 heterocycles. The van der Waals surface area contributed by atoms with Crippen LogP contribution in [0.15, 0.2) is 41.1 Å². The van der Waals surface area contributed by atoms with Gasteiger partial charge in [0.15, 0.2) is 0 Å². The van der Waals surface area contributed by atoms with Crippen molar-refractivity contribution in [2.75, 3.05) is 7.11 Å². The molecule has 0 aliphatic rings. The first-order valence-corrected chi connectivity index (χ1v) is 6.03. The fourth-order valence-corrected chi connectivity index (χ4v) is 1.81. The quantitative estimate of drug-likeness (QED) is 0.893. The van der Waals surface area contributed by atoms with E-state index in [0.29, 0.717) is 17.9 Å². The molecular weight excluding hydrogens is 244 g/mol. The lowest BCUT2D eigenvalue weighted by Gasteiger charge is -2.13. The van der Waals surface area contributed by atoms with Gasteiger partial charge in [-0.15, -0.1) is 0 Å². The Hall–Kier alpha value is -2.30. The van der Waals surface area contributed by atoms with E-state index < -0.39 is 0 Å². The van der Waals surface area contributed by atoms with Crippen molar-refractivity contribution < 1.29 is 13.9 Å². The molecule has 0 saturated carbocycles. The maximum atomic E-state index is 12.1. The van der Waals surface area contributed by atoms with Crippen LogP contribution in [0, 0.1) is 0 Å². The Morgan fingerprint density at radius 1 is 1.47 bits per heavy atom. The Morgan fingerprint density at radius 2 is 2.32 bits per heavy atom. The van der Waals surface area contributed by atoms with Crippen molar-refractivity contribution in [3.8, 4) is 5.88 Å². The van der Waals surface area contributed by atoms with Crippen LogP contribution in [0.3, 0.4) is 0 Å². The van der Waals surface area contributed by atoms with E-state index >= 15 is 0 Å². The summed E-state index contributed by atoms with van der Waals surface area (Å²) < 4.78 is 10.3. The van der Waals surface area contributed by atoms with Crippen molar-refractivity contribution >= 4 is 5.91 Å². The fourth-order valence-electron chi connectivity index (χ4n) is 1.81. The van der Waals surface area contributed by atoms with Crippen LogP contribution in [-0.4, -0.2) is 24.0 Å². The average molecular weight is 260 g/mol. The van der Waals surface area contributed by atoms with E-state index in [0.717, 1.165) is 5.76 Å². The van der Waals surface area contributed by atoms with E-state index in [1.54, 1.807) is 24.6 Å². The van der Waals surface area contributed by atoms with Gasteiger partial charge in [0, 0.05) is 18.7 Å². The third-order valence-corrected chi connectivity index (χ3v) is 2.67. The molecule has 0 fully saturated rings. The van der Waals surface area contributed by atoms with Crippen molar-refractivity contribution in [1.29, 1.82) is 0 Å². The van der Waals surface area contributed by atoms with Crippen molar-refractivity contribution in [2.24, 2.45) is 0 Å². The third-order valence-electron chi connectivity index (χ3n) is 2.67. The van der Waals surface area contributed by atoms with Gasteiger partial charge in [-0.2, -0.15) is 0 Å². The van der Waals surface area contributed by atoms with Gasteiger partial charge in [0.05, 0.1) is 13.4 Å². The van der Waals surface area contributed by atoms with Gasteiger partial charge in [0.1, 0.15) is 11.3 Å². The van der Waals surface area contributed by atoms with E-state index in [1.165, 1.54) is 7.11 Å². The largest absolute Gasteiger partial charge is 0.480 e. The summed E-state index contributed by atoms with van der Waals surface area (Å²) in [5, 5.41) is 2.89. The third kappa shape index (κ3) is 3.34. The number of amides is 1. The van der Waals surface area contributed by atoms with Gasteiger partial charge in [0.2, 0.25) is 5.88 Å². The number of methoxy groups -OCH3 is 1. The summed E-state index contributed by atoms with van der Waals surface area (Å²) in [6, 6.07) is 7.06. The molecule has 100 valence electrons. The predicted molar refractivity (Wildman–Crippen MR) is 70.1 cm³/mol. The summed E-state index contributed by atoms with van der Waals surface area (Å²) in [5.41, 5.74) is 0.427. The van der Waals surface area contributed by atoms with Crippen LogP contribution in [0.2, 0.25) is 0 Å². The number of hydrogen-bond acceptors (Lipinski definition) is 4. The monoisotopic (exact) mass is 260 g/mol. The maximum Gasteiger partial charge on any atom is 0.256 e. The molecule has 2 aromatic rings. The van der Waals surface area contributed by atoms with Crippen LogP contribution in [-0.2, 0) is 6.42 Å². The molecule has 1 atom stereocenters. The van der Waals surface area contributed by atoms with Gasteiger partial charge < -0.3 is 14.5 Å². The number of nitrogens with zero attached hydrogens (tertiary/aromatic N) is 1. The number of pyridine rings is 1. The van der Waals surface area contributed by atoms with Crippen LogP contribution < -0.4 is 10.1 Å². The van der Waals surface area contributed by atoms with Crippen LogP contribution in [0.25, 0.3) is 0 Å². The lowest BCUT2D eigenvalue weighted by atomic mass is 10.1. The van der Waals surface area contributed by atoms with E-state index in [4.69, 9.17) is 9.15 Å². The Balaban J connectivity index is 2.00. The van der Waals surface area contributed by atoms with Crippen molar-refractivity contribution in [2.45, 2.75) is 19.4 Å². The first-order chi connectivity index (χ1) is 9.20. The highest BCUT2D eigenvalue weighted by atomic mass is 16.5. The Labute approximate surface area is 111 Å². The molecule has 1 N–H and O–H groups in total. The molecule has 2 aromatic heterocycles. The number of carbonyl (C=O) groups excluding carboxylic acids is 1. The molecule has 5 nitrogen and oxygen atoms in total. The highest BCUT2D eigenvalue weighted by molar-refractivity contribution is 5.96. The molecule has 0 aliphatic carbocycles. The highest BCUT2D eigenvalue weighted by Gasteiger charge is 2.15. The van der Waals surface area contributed by atoms with Crippen molar-refractivity contribution in [3.63, 3.8) is 0 Å². The summed E-state index contributed by atoms with van der Waals surface area (Å²) >= 11 is 0. The SMILES string of the molecule is COc1ncccc1C(=O)NC(C)Cc1ccco1. The number of carbonyl (C=O) groups is 1. The predicted octanol–water partition coefficient (Wildman–Crippen LogP) is 2.04. The first-order valence-electron chi connectivity index (χ1n) is 6.03. The number of ether oxygens (including phenoxy) is 1. The standard InChI is InChI=1S/C14H16N2O3/c1-10(9-11-5-4-8-19-11)16-13(17)12-6-3-7-15-14(12)18-2/h3-8,10H,9H2,1-2H3,(H,16,17). The molecule has 0 aromatic carbocycles. The number of hydrogen-bond donors (Lipinski definition) is 1. The Kier molecular flexibility index (Phi) is 4.18. The minimum absolute atomic E-state index is 0.0384.